The van der Waals surface area contributed by atoms with Gasteiger partial charge in [0.2, 0.25) is 41.4 Å². The quantitative estimate of drug-likeness (QED) is 0.0232. The van der Waals surface area contributed by atoms with Crippen molar-refractivity contribution >= 4 is 48.5 Å². The largest absolute Gasteiger partial charge is 0.481 e. The molecule has 8 rings (SSSR count). The Labute approximate surface area is 474 Å². The molecule has 18 heteroatoms. The number of unbranched alkanes of at least 4 members (excludes halogenated alkanes) is 6. The van der Waals surface area contributed by atoms with E-state index in [2.05, 4.69) is 71.8 Å². The minimum atomic E-state index is -1.33. The molecule has 0 radical (unpaired) electrons. The number of carbonyl (C=O) groups excluding carboxylic acids is 7. The topological polar surface area (TPSA) is 242 Å². The van der Waals surface area contributed by atoms with Crippen LogP contribution in [-0.4, -0.2) is 115 Å². The fourth-order valence-corrected chi connectivity index (χ4v) is 15.2. The Balaban J connectivity index is 0.814. The average Bonchev–Trinajstić information content (AvgIpc) is 4.01. The molecule has 79 heavy (non-hydrogen) atoms. The summed E-state index contributed by atoms with van der Waals surface area (Å²) in [5.41, 5.74) is -0.0539. The van der Waals surface area contributed by atoms with E-state index in [1.807, 2.05) is 27.7 Å². The molecule has 0 aromatic rings. The molecular weight excluding hydrogens is 1000 g/mol. The summed E-state index contributed by atoms with van der Waals surface area (Å²) in [7, 11) is -0.683. The maximum absolute atomic E-state index is 14.1. The van der Waals surface area contributed by atoms with Crippen LogP contribution in [0.3, 0.4) is 0 Å². The van der Waals surface area contributed by atoms with E-state index in [9.17, 15) is 38.7 Å². The molecule has 8 aliphatic rings. The van der Waals surface area contributed by atoms with Crippen LogP contribution >= 0.6 is 0 Å². The molecule has 0 aromatic heterocycles. The number of carbonyl (C=O) groups is 7. The van der Waals surface area contributed by atoms with Gasteiger partial charge in [0.25, 0.3) is 0 Å². The highest BCUT2D eigenvalue weighted by atomic mass is 16.7. The summed E-state index contributed by atoms with van der Waals surface area (Å²) in [5, 5.41) is 31.7. The van der Waals surface area contributed by atoms with Gasteiger partial charge < -0.3 is 51.6 Å². The van der Waals surface area contributed by atoms with Crippen LogP contribution in [0.15, 0.2) is 0 Å². The van der Waals surface area contributed by atoms with Crippen molar-refractivity contribution in [2.75, 3.05) is 19.6 Å². The number of hydrogen-bond donors (Lipinski definition) is 8. The first-order valence-electron chi connectivity index (χ1n) is 31.5. The summed E-state index contributed by atoms with van der Waals surface area (Å²) in [6, 6.07) is -3.29. The Morgan fingerprint density at radius 2 is 1.01 bits per heavy atom. The molecule has 8 fully saturated rings. The lowest BCUT2D eigenvalue weighted by Crippen LogP contribution is -2.65. The van der Waals surface area contributed by atoms with Gasteiger partial charge >= 0.3 is 7.12 Å². The maximum atomic E-state index is 14.1. The van der Waals surface area contributed by atoms with Crippen molar-refractivity contribution in [2.45, 2.75) is 265 Å². The second-order valence-corrected chi connectivity index (χ2v) is 27.2. The first kappa shape index (κ1) is 64.4. The molecule has 0 aromatic carbocycles. The molecule has 1 heterocycles. The number of hydrogen-bond acceptors (Lipinski definition) is 10. The molecule has 8 N–H and O–H groups in total. The lowest BCUT2D eigenvalue weighted by atomic mass is 9.43. The number of aliphatic hydroxyl groups is 1. The summed E-state index contributed by atoms with van der Waals surface area (Å²) < 4.78 is 13.3. The van der Waals surface area contributed by atoms with E-state index in [-0.39, 0.29) is 64.7 Å². The molecule has 17 nitrogen and oxygen atoms in total. The average molecular weight is 1110 g/mol. The van der Waals surface area contributed by atoms with Crippen LogP contribution < -0.4 is 37.2 Å². The monoisotopic (exact) mass is 1110 g/mol. The number of nitrogens with one attached hydrogen (secondary N) is 7. The minimum absolute atomic E-state index is 0.0196. The molecule has 6 bridgehead atoms. The predicted molar refractivity (Wildman–Crippen MR) is 308 cm³/mol. The van der Waals surface area contributed by atoms with Crippen molar-refractivity contribution in [2.24, 2.45) is 58.2 Å². The summed E-state index contributed by atoms with van der Waals surface area (Å²) in [5.74, 6) is 0.806. The third-order valence-corrected chi connectivity index (χ3v) is 19.9. The van der Waals surface area contributed by atoms with Gasteiger partial charge in [-0.15, -0.1) is 0 Å². The van der Waals surface area contributed by atoms with Crippen molar-refractivity contribution in [3.8, 4) is 0 Å². The highest BCUT2D eigenvalue weighted by Gasteiger charge is 2.68. The predicted octanol–water partition coefficient (Wildman–Crippen LogP) is 7.35. The third kappa shape index (κ3) is 17.6. The maximum Gasteiger partial charge on any atom is 0.481 e. The highest BCUT2D eigenvalue weighted by Crippen LogP contribution is 2.66. The lowest BCUT2D eigenvalue weighted by molar-refractivity contribution is -0.199. The van der Waals surface area contributed by atoms with E-state index in [0.29, 0.717) is 89.3 Å². The van der Waals surface area contributed by atoms with Crippen molar-refractivity contribution in [1.29, 1.82) is 0 Å². The molecule has 11 atom stereocenters. The van der Waals surface area contributed by atoms with Gasteiger partial charge in [0.15, 0.2) is 0 Å². The highest BCUT2D eigenvalue weighted by molar-refractivity contribution is 6.48. The van der Waals surface area contributed by atoms with Gasteiger partial charge in [-0.05, 0) is 168 Å². The van der Waals surface area contributed by atoms with Crippen molar-refractivity contribution in [3.63, 3.8) is 0 Å². The summed E-state index contributed by atoms with van der Waals surface area (Å²) in [4.78, 5) is 93.1. The molecule has 0 unspecified atom stereocenters. The van der Waals surface area contributed by atoms with E-state index >= 15 is 0 Å². The van der Waals surface area contributed by atoms with E-state index in [4.69, 9.17) is 9.31 Å². The Morgan fingerprint density at radius 3 is 1.48 bits per heavy atom. The normalized spacial score (nSPS) is 28.7. The minimum Gasteiger partial charge on any atom is -0.404 e. The SMILES string of the molecule is CC[C@H](C)[C@H](NC(=O)CCCCCNC(=O)CCCCCNC(=O)CCCCCNC(=O)CC12CC3CC(CC(C3)C1)C2)C(=O)N[C@H](C(=O)N[C@H](C(=O)N[C@@H](CC(C)C)B1O[C@@H]2C[C@@H]3C[C@@H](C3(C)C)[C@]2(C)O1)[C@@H](C)O)[C@@H](C)CC. The smallest absolute Gasteiger partial charge is 0.404 e. The Morgan fingerprint density at radius 1 is 0.557 bits per heavy atom. The zero-order valence-electron chi connectivity index (χ0n) is 50.4. The molecule has 0 spiro atoms. The fourth-order valence-electron chi connectivity index (χ4n) is 15.2. The van der Waals surface area contributed by atoms with Gasteiger partial charge in [-0.3, -0.25) is 33.6 Å². The zero-order chi connectivity index (χ0) is 57.7. The van der Waals surface area contributed by atoms with E-state index < -0.39 is 60.6 Å². The molecule has 448 valence electrons. The van der Waals surface area contributed by atoms with Gasteiger partial charge in [0, 0.05) is 45.3 Å². The summed E-state index contributed by atoms with van der Waals surface area (Å²) in [6.07, 6.45) is 19.0. The van der Waals surface area contributed by atoms with Gasteiger partial charge in [-0.25, -0.2) is 0 Å². The van der Waals surface area contributed by atoms with Crippen LogP contribution in [0.5, 0.6) is 0 Å². The molecule has 1 saturated heterocycles. The lowest BCUT2D eigenvalue weighted by Gasteiger charge is -2.64. The molecule has 1 aliphatic heterocycles. The third-order valence-electron chi connectivity index (χ3n) is 19.9. The van der Waals surface area contributed by atoms with Crippen LogP contribution in [0.25, 0.3) is 0 Å². The van der Waals surface area contributed by atoms with Gasteiger partial charge in [0.05, 0.1) is 23.8 Å². The van der Waals surface area contributed by atoms with Crippen molar-refractivity contribution in [1.82, 2.24) is 37.2 Å². The van der Waals surface area contributed by atoms with Gasteiger partial charge in [-0.1, -0.05) is 87.5 Å². The molecular formula is C61H106BN7O10. The number of amides is 7. The Kier molecular flexibility index (Phi) is 24.0. The Hall–Kier alpha value is -3.77. The molecule has 7 aliphatic carbocycles. The van der Waals surface area contributed by atoms with E-state index in [1.54, 1.807) is 0 Å². The first-order valence-corrected chi connectivity index (χ1v) is 31.5. The van der Waals surface area contributed by atoms with Crippen LogP contribution in [0, 0.1) is 58.2 Å². The molecule has 7 amide bonds. The summed E-state index contributed by atoms with van der Waals surface area (Å²) in [6.45, 7) is 21.6. The van der Waals surface area contributed by atoms with Crippen LogP contribution in [0.1, 0.15) is 223 Å². The fraction of sp³-hybridized carbons (Fsp3) is 0.885. The molecule has 7 saturated carbocycles. The van der Waals surface area contributed by atoms with E-state index in [0.717, 1.165) is 69.1 Å². The van der Waals surface area contributed by atoms with Crippen molar-refractivity contribution in [3.05, 3.63) is 0 Å². The van der Waals surface area contributed by atoms with Crippen LogP contribution in [0.4, 0.5) is 0 Å². The standard InChI is InChI=1S/C61H106BN7O10/c1-11-39(5)53(56(75)68-54(40(6)12-2)57(76)69-55(41(7)70)58(77)66-48(28-38(3)4)62-78-47-33-45-32-46(59(45,8)9)60(47,10)79-62)67-51(73)24-18-15-20-26-64-49(71)22-16-13-19-25-63-50(72)23-17-14-21-27-65-52(74)37-61-34-42-29-43(35-61)31-44(30-42)36-61/h38-48,53-55,70H,11-37H2,1-10H3,(H,63,72)(H,64,71)(H,65,74)(H,66,77)(H,67,73)(H,68,75)(H,69,76)/t39-,40-,41+,42?,43?,44?,45-,46-,47+,48-,53-,54-,55-,60-,61?/m0/s1. The van der Waals surface area contributed by atoms with E-state index in [1.165, 1.54) is 45.4 Å². The second-order valence-electron chi connectivity index (χ2n) is 27.2. The van der Waals surface area contributed by atoms with Crippen molar-refractivity contribution < 1.29 is 48.0 Å². The van der Waals surface area contributed by atoms with Crippen LogP contribution in [-0.2, 0) is 42.9 Å². The Bertz CT molecular complexity index is 2020. The first-order chi connectivity index (χ1) is 37.5. The number of aliphatic hydroxyl groups excluding tert-OH is 1. The summed E-state index contributed by atoms with van der Waals surface area (Å²) >= 11 is 0. The van der Waals surface area contributed by atoms with Crippen LogP contribution in [0.2, 0.25) is 0 Å². The zero-order valence-corrected chi connectivity index (χ0v) is 50.4. The number of rotatable bonds is 35. The van der Waals surface area contributed by atoms with Gasteiger partial charge in [0.1, 0.15) is 18.1 Å². The van der Waals surface area contributed by atoms with Gasteiger partial charge in [-0.2, -0.15) is 0 Å². The second kappa shape index (κ2) is 29.5.